The fraction of sp³-hybridized carbons (Fsp3) is 0.308. The highest BCUT2D eigenvalue weighted by atomic mass is 16.3. The third-order valence-corrected chi connectivity index (χ3v) is 3.32. The van der Waals surface area contributed by atoms with Crippen LogP contribution >= 0.6 is 0 Å². The molecule has 4 nitrogen and oxygen atoms in total. The number of likely N-dealkylation sites (N-methyl/N-ethyl adjacent to an activating group) is 1. The van der Waals surface area contributed by atoms with Crippen LogP contribution in [0.5, 0.6) is 0 Å². The van der Waals surface area contributed by atoms with Gasteiger partial charge in [0.2, 0.25) is 0 Å². The van der Waals surface area contributed by atoms with Gasteiger partial charge in [-0.3, -0.25) is 4.79 Å². The minimum Gasteiger partial charge on any atom is -0.385 e. The molecule has 17 heavy (non-hydrogen) atoms. The van der Waals surface area contributed by atoms with Gasteiger partial charge in [0, 0.05) is 18.0 Å². The molecule has 4 heteroatoms. The van der Waals surface area contributed by atoms with E-state index >= 15 is 0 Å². The maximum atomic E-state index is 12.1. The summed E-state index contributed by atoms with van der Waals surface area (Å²) >= 11 is 0. The summed E-state index contributed by atoms with van der Waals surface area (Å²) < 4.78 is 0. The molecule has 2 N–H and O–H groups in total. The highest BCUT2D eigenvalue weighted by Crippen LogP contribution is 2.32. The van der Waals surface area contributed by atoms with Gasteiger partial charge in [-0.25, -0.2) is 0 Å². The van der Waals surface area contributed by atoms with Crippen LogP contribution in [0.1, 0.15) is 27.7 Å². The smallest absolute Gasteiger partial charge is 0.256 e. The molecule has 1 aromatic carbocycles. The Balaban J connectivity index is 2.35. The minimum absolute atomic E-state index is 0.0258. The maximum absolute atomic E-state index is 12.1. The molecule has 1 atom stereocenters. The van der Waals surface area contributed by atoms with E-state index in [2.05, 4.69) is 4.98 Å². The van der Waals surface area contributed by atoms with Gasteiger partial charge in [-0.2, -0.15) is 0 Å². The van der Waals surface area contributed by atoms with Crippen molar-refractivity contribution in [2.75, 3.05) is 13.6 Å². The first-order valence-corrected chi connectivity index (χ1v) is 5.63. The van der Waals surface area contributed by atoms with Crippen molar-refractivity contribution in [3.05, 3.63) is 35.0 Å². The first-order valence-electron chi connectivity index (χ1n) is 5.63. The van der Waals surface area contributed by atoms with E-state index in [9.17, 15) is 9.90 Å². The lowest BCUT2D eigenvalue weighted by Gasteiger charge is -2.26. The zero-order chi connectivity index (χ0) is 12.2. The molecule has 2 aromatic rings. The lowest BCUT2D eigenvalue weighted by atomic mass is 10.0. The van der Waals surface area contributed by atoms with Gasteiger partial charge in [-0.1, -0.05) is 11.6 Å². The summed E-state index contributed by atoms with van der Waals surface area (Å²) in [5, 5.41) is 10.9. The Labute approximate surface area is 98.9 Å². The standard InChI is InChI=1S/C13H14N2O2/c1-7-3-4-9-8(5-7)11-12(14-9)10(16)6-15(2)13(11)17/h3-5,10,14,16H,6H2,1-2H3. The lowest BCUT2D eigenvalue weighted by molar-refractivity contribution is 0.0611. The number of hydrogen-bond acceptors (Lipinski definition) is 2. The van der Waals surface area contributed by atoms with Crippen LogP contribution in [0.15, 0.2) is 18.2 Å². The number of nitrogens with zero attached hydrogens (tertiary/aromatic N) is 1. The van der Waals surface area contributed by atoms with Crippen molar-refractivity contribution >= 4 is 16.8 Å². The van der Waals surface area contributed by atoms with Crippen LogP contribution in [0.2, 0.25) is 0 Å². The van der Waals surface area contributed by atoms with Crippen molar-refractivity contribution in [1.29, 1.82) is 0 Å². The van der Waals surface area contributed by atoms with Crippen LogP contribution in [0, 0.1) is 6.92 Å². The van der Waals surface area contributed by atoms with Crippen molar-refractivity contribution in [3.8, 4) is 0 Å². The SMILES string of the molecule is Cc1ccc2[nH]c3c(c2c1)C(=O)N(C)CC3O. The molecule has 0 aliphatic carbocycles. The molecule has 0 saturated heterocycles. The number of carbonyl (C=O) groups is 1. The molecule has 2 heterocycles. The van der Waals surface area contributed by atoms with Crippen LogP contribution in [0.25, 0.3) is 10.9 Å². The molecular formula is C13H14N2O2. The summed E-state index contributed by atoms with van der Waals surface area (Å²) in [4.78, 5) is 16.8. The molecule has 0 saturated carbocycles. The van der Waals surface area contributed by atoms with Crippen molar-refractivity contribution in [2.24, 2.45) is 0 Å². The van der Waals surface area contributed by atoms with E-state index in [-0.39, 0.29) is 5.91 Å². The van der Waals surface area contributed by atoms with Gasteiger partial charge in [0.15, 0.2) is 0 Å². The van der Waals surface area contributed by atoms with E-state index in [0.29, 0.717) is 17.8 Å². The third-order valence-electron chi connectivity index (χ3n) is 3.32. The van der Waals surface area contributed by atoms with E-state index in [1.165, 1.54) is 0 Å². The summed E-state index contributed by atoms with van der Waals surface area (Å²) in [5.41, 5.74) is 3.27. The van der Waals surface area contributed by atoms with Gasteiger partial charge >= 0.3 is 0 Å². The fourth-order valence-electron chi connectivity index (χ4n) is 2.43. The van der Waals surface area contributed by atoms with Gasteiger partial charge in [0.25, 0.3) is 5.91 Å². The van der Waals surface area contributed by atoms with Crippen LogP contribution in [0.4, 0.5) is 0 Å². The average Bonchev–Trinajstić information content (AvgIpc) is 2.65. The van der Waals surface area contributed by atoms with Gasteiger partial charge in [0.05, 0.1) is 17.8 Å². The largest absolute Gasteiger partial charge is 0.385 e. The Morgan fingerprint density at radius 3 is 3.00 bits per heavy atom. The molecule has 0 spiro atoms. The van der Waals surface area contributed by atoms with E-state index in [4.69, 9.17) is 0 Å². The number of carbonyl (C=O) groups excluding carboxylic acids is 1. The van der Waals surface area contributed by atoms with Gasteiger partial charge < -0.3 is 15.0 Å². The number of aliphatic hydroxyl groups is 1. The molecule has 0 radical (unpaired) electrons. The zero-order valence-electron chi connectivity index (χ0n) is 9.82. The number of hydrogen-bond donors (Lipinski definition) is 2. The highest BCUT2D eigenvalue weighted by Gasteiger charge is 2.31. The maximum Gasteiger partial charge on any atom is 0.256 e. The molecule has 1 amide bonds. The van der Waals surface area contributed by atoms with Crippen molar-refractivity contribution < 1.29 is 9.90 Å². The van der Waals surface area contributed by atoms with Gasteiger partial charge in [-0.05, 0) is 19.1 Å². The average molecular weight is 230 g/mol. The Kier molecular flexibility index (Phi) is 2.03. The van der Waals surface area contributed by atoms with Crippen molar-refractivity contribution in [3.63, 3.8) is 0 Å². The van der Waals surface area contributed by atoms with E-state index < -0.39 is 6.10 Å². The number of H-pyrrole nitrogens is 1. The number of nitrogens with one attached hydrogen (secondary N) is 1. The Hall–Kier alpha value is -1.81. The summed E-state index contributed by atoms with van der Waals surface area (Å²) in [5.74, 6) is -0.0258. The number of aryl methyl sites for hydroxylation is 1. The molecule has 1 aromatic heterocycles. The second kappa shape index (κ2) is 3.34. The van der Waals surface area contributed by atoms with Crippen LogP contribution < -0.4 is 0 Å². The first kappa shape index (κ1) is 10.4. The molecule has 0 bridgehead atoms. The molecule has 1 aliphatic rings. The second-order valence-corrected chi connectivity index (χ2v) is 4.66. The fourth-order valence-corrected chi connectivity index (χ4v) is 2.43. The number of fused-ring (bicyclic) bond motifs is 3. The number of β-amino-alcohol motifs (C(OH)–C–C–N with tert-alkyl or cyclic N) is 1. The highest BCUT2D eigenvalue weighted by molar-refractivity contribution is 6.09. The number of aromatic amines is 1. The number of aromatic nitrogens is 1. The molecule has 0 fully saturated rings. The van der Waals surface area contributed by atoms with Gasteiger partial charge in [-0.15, -0.1) is 0 Å². The van der Waals surface area contributed by atoms with Crippen LogP contribution in [-0.2, 0) is 0 Å². The molecule has 3 rings (SSSR count). The van der Waals surface area contributed by atoms with Crippen molar-refractivity contribution in [1.82, 2.24) is 9.88 Å². The number of aliphatic hydroxyl groups excluding tert-OH is 1. The second-order valence-electron chi connectivity index (χ2n) is 4.66. The minimum atomic E-state index is -0.625. The normalized spacial score (nSPS) is 19.8. The van der Waals surface area contributed by atoms with Crippen LogP contribution in [-0.4, -0.2) is 34.5 Å². The van der Waals surface area contributed by atoms with Gasteiger partial charge in [0.1, 0.15) is 6.10 Å². The topological polar surface area (TPSA) is 56.3 Å². The molecule has 88 valence electrons. The van der Waals surface area contributed by atoms with E-state index in [1.54, 1.807) is 11.9 Å². The summed E-state index contributed by atoms with van der Waals surface area (Å²) in [6.07, 6.45) is -0.625. The molecule has 1 unspecified atom stereocenters. The van der Waals surface area contributed by atoms with Crippen molar-refractivity contribution in [2.45, 2.75) is 13.0 Å². The monoisotopic (exact) mass is 230 g/mol. The third kappa shape index (κ3) is 1.37. The Bertz CT molecular complexity index is 615. The summed E-state index contributed by atoms with van der Waals surface area (Å²) in [7, 11) is 1.71. The number of amides is 1. The Morgan fingerprint density at radius 2 is 2.24 bits per heavy atom. The number of rotatable bonds is 0. The zero-order valence-corrected chi connectivity index (χ0v) is 9.82. The molecular weight excluding hydrogens is 216 g/mol. The predicted molar refractivity (Wildman–Crippen MR) is 65.0 cm³/mol. The first-order chi connectivity index (χ1) is 8.08. The molecule has 1 aliphatic heterocycles. The number of benzene rings is 1. The summed E-state index contributed by atoms with van der Waals surface area (Å²) in [6, 6.07) is 5.92. The van der Waals surface area contributed by atoms with Crippen LogP contribution in [0.3, 0.4) is 0 Å². The predicted octanol–water partition coefficient (Wildman–Crippen LogP) is 1.60. The summed E-state index contributed by atoms with van der Waals surface area (Å²) in [6.45, 7) is 2.34. The van der Waals surface area contributed by atoms with E-state index in [1.807, 2.05) is 25.1 Å². The lowest BCUT2D eigenvalue weighted by Crippen LogP contribution is -2.36. The Morgan fingerprint density at radius 1 is 1.47 bits per heavy atom. The van der Waals surface area contributed by atoms with E-state index in [0.717, 1.165) is 16.5 Å². The quantitative estimate of drug-likeness (QED) is 0.722.